The number of halogens is 3. The fourth-order valence-electron chi connectivity index (χ4n) is 4.83. The number of benzene rings is 3. The number of urea groups is 1. The highest BCUT2D eigenvalue weighted by atomic mass is 35.5. The Morgan fingerprint density at radius 3 is 1.82 bits per heavy atom. The number of nitrogens with two attached hydrogens (primary N) is 1. The molecule has 34 heavy (non-hydrogen) atoms. The summed E-state index contributed by atoms with van der Waals surface area (Å²) in [5.74, 6) is -0.459. The van der Waals surface area contributed by atoms with Crippen molar-refractivity contribution >= 4 is 24.1 Å². The minimum absolute atomic E-state index is 0. The number of hydrogen-bond donors (Lipinski definition) is 1. The lowest BCUT2D eigenvalue weighted by Crippen LogP contribution is -2.65. The molecule has 1 fully saturated rings. The molecule has 3 aromatic carbocycles. The van der Waals surface area contributed by atoms with Crippen molar-refractivity contribution in [2.75, 3.05) is 32.7 Å². The highest BCUT2D eigenvalue weighted by Crippen LogP contribution is 2.30. The van der Waals surface area contributed by atoms with Crippen LogP contribution in [-0.2, 0) is 0 Å². The third kappa shape index (κ3) is 5.81. The van der Waals surface area contributed by atoms with Gasteiger partial charge in [0.25, 0.3) is 0 Å². The molecule has 3 aromatic rings. The number of amides is 2. The summed E-state index contributed by atoms with van der Waals surface area (Å²) < 4.78 is 27.1. The molecule has 0 spiro atoms. The summed E-state index contributed by atoms with van der Waals surface area (Å²) in [6, 6.07) is 22.6. The Kier molecular flexibility index (Phi) is 8.78. The second-order valence-electron chi connectivity index (χ2n) is 8.73. The Balaban J connectivity index is 0.00000324. The van der Waals surface area contributed by atoms with Crippen LogP contribution in [0.2, 0.25) is 0 Å². The van der Waals surface area contributed by atoms with Crippen molar-refractivity contribution < 1.29 is 13.6 Å². The highest BCUT2D eigenvalue weighted by molar-refractivity contribution is 5.86. The van der Waals surface area contributed by atoms with Gasteiger partial charge in [-0.25, -0.2) is 18.1 Å². The average Bonchev–Trinajstić information content (AvgIpc) is 2.84. The van der Waals surface area contributed by atoms with Crippen LogP contribution >= 0.6 is 12.4 Å². The number of quaternary nitrogens is 1. The zero-order valence-corrected chi connectivity index (χ0v) is 19.9. The fraction of sp³-hybridized carbons (Fsp3) is 0.296. The van der Waals surface area contributed by atoms with E-state index in [4.69, 9.17) is 5.73 Å². The first-order chi connectivity index (χ1) is 16.0. The minimum Gasteiger partial charge on any atom is -0.319 e. The third-order valence-electron chi connectivity index (χ3n) is 6.78. The van der Waals surface area contributed by atoms with Crippen LogP contribution < -0.4 is 10.2 Å². The lowest BCUT2D eigenvalue weighted by Gasteiger charge is -2.41. The predicted octanol–water partition coefficient (Wildman–Crippen LogP) is 5.70. The number of carbonyl (C=O) groups is 1. The number of carbonyl (C=O) groups excluding carboxylic acids is 1. The molecule has 180 valence electrons. The first kappa shape index (κ1) is 25.8. The van der Waals surface area contributed by atoms with Crippen molar-refractivity contribution in [3.63, 3.8) is 0 Å². The van der Waals surface area contributed by atoms with Gasteiger partial charge in [0.1, 0.15) is 30.4 Å². The summed E-state index contributed by atoms with van der Waals surface area (Å²) in [6.45, 7) is 3.77. The zero-order valence-electron chi connectivity index (χ0n) is 19.1. The molecule has 2 amide bonds. The summed E-state index contributed by atoms with van der Waals surface area (Å²) in [7, 11) is 0. The molecule has 1 aliphatic heterocycles. The molecule has 0 saturated carbocycles. The van der Waals surface area contributed by atoms with Gasteiger partial charge in [0.2, 0.25) is 0 Å². The first-order valence-electron chi connectivity index (χ1n) is 11.4. The predicted molar refractivity (Wildman–Crippen MR) is 135 cm³/mol. The SMILES string of the molecule is Cl.NC(=O)[N+]1(c2ccccc2)CCN(CCCC(c2ccc(F)cc2)c2ccc(F)cc2)CC1. The molecule has 0 aliphatic carbocycles. The largest absolute Gasteiger partial charge is 0.419 e. The summed E-state index contributed by atoms with van der Waals surface area (Å²) in [4.78, 5) is 14.7. The van der Waals surface area contributed by atoms with E-state index in [0.29, 0.717) is 13.1 Å². The van der Waals surface area contributed by atoms with Crippen molar-refractivity contribution in [3.8, 4) is 0 Å². The second-order valence-corrected chi connectivity index (χ2v) is 8.73. The molecular formula is C27H31ClF2N3O+. The Morgan fingerprint density at radius 1 is 0.853 bits per heavy atom. The van der Waals surface area contributed by atoms with Crippen LogP contribution in [0.1, 0.15) is 29.9 Å². The Morgan fingerprint density at radius 2 is 1.35 bits per heavy atom. The second kappa shape index (κ2) is 11.6. The molecule has 0 atom stereocenters. The van der Waals surface area contributed by atoms with Gasteiger partial charge in [-0.15, -0.1) is 12.4 Å². The number of hydrogen-bond acceptors (Lipinski definition) is 2. The smallest absolute Gasteiger partial charge is 0.319 e. The van der Waals surface area contributed by atoms with E-state index in [-0.39, 0.29) is 40.5 Å². The van der Waals surface area contributed by atoms with Crippen molar-refractivity contribution in [2.24, 2.45) is 5.73 Å². The maximum Gasteiger partial charge on any atom is 0.419 e. The molecule has 1 saturated heterocycles. The number of piperazine rings is 1. The van der Waals surface area contributed by atoms with Gasteiger partial charge in [-0.05, 0) is 66.9 Å². The van der Waals surface area contributed by atoms with Crippen LogP contribution in [0.25, 0.3) is 0 Å². The van der Waals surface area contributed by atoms with Crippen molar-refractivity contribution in [3.05, 3.63) is 102 Å². The number of para-hydroxylation sites is 1. The molecule has 1 aliphatic rings. The molecule has 0 bridgehead atoms. The minimum atomic E-state index is -0.312. The van der Waals surface area contributed by atoms with Crippen LogP contribution in [0.4, 0.5) is 19.3 Å². The van der Waals surface area contributed by atoms with Gasteiger partial charge in [-0.3, -0.25) is 4.90 Å². The highest BCUT2D eigenvalue weighted by Gasteiger charge is 2.40. The van der Waals surface area contributed by atoms with Crippen molar-refractivity contribution in [1.29, 1.82) is 0 Å². The molecule has 0 radical (unpaired) electrons. The summed E-state index contributed by atoms with van der Waals surface area (Å²) in [5.41, 5.74) is 8.82. The van der Waals surface area contributed by atoms with Gasteiger partial charge in [-0.2, -0.15) is 0 Å². The maximum absolute atomic E-state index is 13.5. The van der Waals surface area contributed by atoms with Gasteiger partial charge in [-0.1, -0.05) is 42.5 Å². The van der Waals surface area contributed by atoms with Crippen molar-refractivity contribution in [1.82, 2.24) is 9.38 Å². The van der Waals surface area contributed by atoms with E-state index in [1.54, 1.807) is 0 Å². The lowest BCUT2D eigenvalue weighted by molar-refractivity contribution is 0.144. The molecule has 7 heteroatoms. The molecule has 4 rings (SSSR count). The molecule has 0 aromatic heterocycles. The lowest BCUT2D eigenvalue weighted by atomic mass is 9.87. The van der Waals surface area contributed by atoms with Gasteiger partial charge in [0.15, 0.2) is 0 Å². The quantitative estimate of drug-likeness (QED) is 0.435. The summed E-state index contributed by atoms with van der Waals surface area (Å²) in [6.07, 6.45) is 1.80. The Labute approximate surface area is 206 Å². The van der Waals surface area contributed by atoms with Crippen LogP contribution in [0, 0.1) is 11.6 Å². The number of primary amides is 1. The zero-order chi connectivity index (χ0) is 23.3. The van der Waals surface area contributed by atoms with E-state index in [9.17, 15) is 13.6 Å². The molecule has 0 unspecified atom stereocenters. The average molecular weight is 487 g/mol. The molecule has 4 nitrogen and oxygen atoms in total. The van der Waals surface area contributed by atoms with Crippen LogP contribution in [0.3, 0.4) is 0 Å². The summed E-state index contributed by atoms with van der Waals surface area (Å²) >= 11 is 0. The van der Waals surface area contributed by atoms with E-state index in [1.807, 2.05) is 54.6 Å². The van der Waals surface area contributed by atoms with Crippen LogP contribution in [-0.4, -0.2) is 43.7 Å². The summed E-state index contributed by atoms with van der Waals surface area (Å²) in [5, 5.41) is 0. The van der Waals surface area contributed by atoms with Crippen LogP contribution in [0.5, 0.6) is 0 Å². The monoisotopic (exact) mass is 486 g/mol. The molecule has 2 N–H and O–H groups in total. The van der Waals surface area contributed by atoms with Gasteiger partial charge < -0.3 is 5.73 Å². The normalized spacial score (nSPS) is 15.6. The van der Waals surface area contributed by atoms with E-state index in [2.05, 4.69) is 4.90 Å². The Hall–Kier alpha value is -2.80. The number of rotatable bonds is 7. The van der Waals surface area contributed by atoms with Crippen LogP contribution in [0.15, 0.2) is 78.9 Å². The van der Waals surface area contributed by atoms with Gasteiger partial charge >= 0.3 is 6.03 Å². The van der Waals surface area contributed by atoms with E-state index in [0.717, 1.165) is 49.3 Å². The van der Waals surface area contributed by atoms with Gasteiger partial charge in [0.05, 0.1) is 0 Å². The van der Waals surface area contributed by atoms with Crippen molar-refractivity contribution in [2.45, 2.75) is 18.8 Å². The number of nitrogens with zero attached hydrogens (tertiary/aromatic N) is 2. The third-order valence-corrected chi connectivity index (χ3v) is 6.78. The van der Waals surface area contributed by atoms with E-state index >= 15 is 0 Å². The van der Waals surface area contributed by atoms with Gasteiger partial charge in [0, 0.05) is 19.0 Å². The first-order valence-corrected chi connectivity index (χ1v) is 11.4. The fourth-order valence-corrected chi connectivity index (χ4v) is 4.83. The van der Waals surface area contributed by atoms with E-state index < -0.39 is 0 Å². The molecular weight excluding hydrogens is 456 g/mol. The van der Waals surface area contributed by atoms with E-state index in [1.165, 1.54) is 24.3 Å². The standard InChI is InChI=1S/C27H29F2N3O.ClH/c28-23-12-8-21(9-13-23)26(22-10-14-24(29)15-11-22)7-4-16-31-17-19-32(20-18-31,27(30)33)25-5-2-1-3-6-25;/h1-3,5-6,8-15,26H,4,7,16-20H2,(H-,30,33);1H/p+1. The Bertz CT molecular complexity index is 1010. The topological polar surface area (TPSA) is 46.3 Å². The maximum atomic E-state index is 13.5. The molecule has 1 heterocycles.